The number of rotatable bonds is 9. The quantitative estimate of drug-likeness (QED) is 0.294. The Morgan fingerprint density at radius 3 is 2.00 bits per heavy atom. The number of carbonyl (C=O) groups excluding carboxylic acids is 2. The van der Waals surface area contributed by atoms with Gasteiger partial charge in [-0.1, -0.05) is 68.4 Å². The molecule has 1 aliphatic rings. The minimum atomic E-state index is -0.424. The van der Waals surface area contributed by atoms with Gasteiger partial charge in [-0.15, -0.1) is 0 Å². The zero-order valence-electron chi connectivity index (χ0n) is 23.5. The van der Waals surface area contributed by atoms with Crippen molar-refractivity contribution in [3.63, 3.8) is 0 Å². The van der Waals surface area contributed by atoms with Gasteiger partial charge in [-0.2, -0.15) is 0 Å². The summed E-state index contributed by atoms with van der Waals surface area (Å²) in [5.41, 5.74) is 5.53. The van der Waals surface area contributed by atoms with E-state index in [1.165, 1.54) is 0 Å². The van der Waals surface area contributed by atoms with Crippen LogP contribution in [0.4, 0.5) is 5.69 Å². The highest BCUT2D eigenvalue weighted by atomic mass is 16.7. The maximum atomic E-state index is 13.0. The summed E-state index contributed by atoms with van der Waals surface area (Å²) in [5.74, 6) is -0.588. The number of amides is 2. The van der Waals surface area contributed by atoms with E-state index in [0.29, 0.717) is 11.3 Å². The molecule has 1 aliphatic heterocycles. The third-order valence-electron chi connectivity index (χ3n) is 7.43. The van der Waals surface area contributed by atoms with Crippen molar-refractivity contribution in [3.05, 3.63) is 95.6 Å². The molecule has 3 aromatic rings. The zero-order valence-corrected chi connectivity index (χ0v) is 23.5. The Hall–Kier alpha value is -3.46. The molecule has 0 saturated carbocycles. The van der Waals surface area contributed by atoms with Crippen LogP contribution in [0.1, 0.15) is 68.9 Å². The van der Waals surface area contributed by atoms with Crippen LogP contribution in [0.15, 0.2) is 78.9 Å². The molecule has 0 aromatic heterocycles. The Balaban J connectivity index is 1.27. The van der Waals surface area contributed by atoms with Crippen molar-refractivity contribution in [2.75, 3.05) is 5.32 Å². The Morgan fingerprint density at radius 1 is 0.846 bits per heavy atom. The number of hydroxylamine groups is 1. The Labute approximate surface area is 231 Å². The molecule has 7 nitrogen and oxygen atoms in total. The lowest BCUT2D eigenvalue weighted by Gasteiger charge is -2.32. The van der Waals surface area contributed by atoms with Gasteiger partial charge in [-0.25, -0.2) is 5.48 Å². The van der Waals surface area contributed by atoms with Crippen molar-refractivity contribution in [3.8, 4) is 0 Å². The summed E-state index contributed by atoms with van der Waals surface area (Å²) in [4.78, 5) is 31.0. The van der Waals surface area contributed by atoms with Crippen molar-refractivity contribution >= 4 is 30.1 Å². The van der Waals surface area contributed by atoms with Gasteiger partial charge in [0.2, 0.25) is 5.91 Å². The van der Waals surface area contributed by atoms with Gasteiger partial charge in [0.15, 0.2) is 0 Å². The number of nitrogens with one attached hydrogen (secondary N) is 2. The summed E-state index contributed by atoms with van der Waals surface area (Å²) in [6.45, 7) is 12.4. The lowest BCUT2D eigenvalue weighted by molar-refractivity contribution is -0.118. The molecule has 204 valence electrons. The third kappa shape index (κ3) is 6.76. The summed E-state index contributed by atoms with van der Waals surface area (Å²) < 4.78 is 12.2. The fraction of sp³-hybridized carbons (Fsp3) is 0.355. The Kier molecular flexibility index (Phi) is 8.59. The average Bonchev–Trinajstić information content (AvgIpc) is 3.11. The molecule has 39 heavy (non-hydrogen) atoms. The predicted octanol–water partition coefficient (Wildman–Crippen LogP) is 5.23. The molecule has 1 fully saturated rings. The van der Waals surface area contributed by atoms with Gasteiger partial charge in [0.25, 0.3) is 5.91 Å². The monoisotopic (exact) mass is 528 g/mol. The molecule has 1 atom stereocenters. The summed E-state index contributed by atoms with van der Waals surface area (Å²) in [6, 6.07) is 24.2. The van der Waals surface area contributed by atoms with Crippen molar-refractivity contribution in [2.24, 2.45) is 5.92 Å². The largest absolute Gasteiger partial charge is 0.494 e. The van der Waals surface area contributed by atoms with Gasteiger partial charge in [0, 0.05) is 11.3 Å². The second kappa shape index (κ2) is 11.7. The lowest BCUT2D eigenvalue weighted by Crippen LogP contribution is -2.41. The van der Waals surface area contributed by atoms with Crippen LogP contribution in [0.3, 0.4) is 0 Å². The molecule has 2 amide bonds. The molecule has 0 aliphatic carbocycles. The molecule has 8 heteroatoms. The maximum absolute atomic E-state index is 13.0. The maximum Gasteiger partial charge on any atom is 0.494 e. The van der Waals surface area contributed by atoms with E-state index >= 15 is 0 Å². The number of anilines is 1. The smallest absolute Gasteiger partial charge is 0.399 e. The van der Waals surface area contributed by atoms with E-state index in [0.717, 1.165) is 16.6 Å². The van der Waals surface area contributed by atoms with Crippen LogP contribution in [0, 0.1) is 5.92 Å². The molecule has 2 N–H and O–H groups in total. The SMILES string of the molecule is CC(C)C(C(=O)Nc1ccc(C(=O)NOCc2ccc(B3OC(C)(C)C(C)(C)O3)cc2)cc1)c1ccccc1. The number of hydrogen-bond acceptors (Lipinski definition) is 5. The van der Waals surface area contributed by atoms with Crippen LogP contribution in [-0.4, -0.2) is 30.1 Å². The second-order valence-corrected chi connectivity index (χ2v) is 11.2. The standard InChI is InChI=1S/C31H37BN2O5/c1-21(2)27(23-10-8-7-9-11-23)29(36)33-26-18-14-24(15-19-26)28(35)34-37-20-22-12-16-25(17-13-22)32-38-30(3,4)31(5,6)39-32/h7-19,21,27H,20H2,1-6H3,(H,33,36)(H,34,35). The average molecular weight is 528 g/mol. The van der Waals surface area contributed by atoms with Gasteiger partial charge < -0.3 is 14.6 Å². The molecular weight excluding hydrogens is 491 g/mol. The fourth-order valence-electron chi connectivity index (χ4n) is 4.42. The van der Waals surface area contributed by atoms with E-state index in [9.17, 15) is 9.59 Å². The van der Waals surface area contributed by atoms with Gasteiger partial charge >= 0.3 is 7.12 Å². The zero-order chi connectivity index (χ0) is 28.2. The van der Waals surface area contributed by atoms with Gasteiger partial charge in [0.05, 0.1) is 23.7 Å². The van der Waals surface area contributed by atoms with Crippen LogP contribution >= 0.6 is 0 Å². The van der Waals surface area contributed by atoms with Crippen LogP contribution in [0.5, 0.6) is 0 Å². The highest BCUT2D eigenvalue weighted by molar-refractivity contribution is 6.62. The molecule has 4 rings (SSSR count). The number of hydrogen-bond donors (Lipinski definition) is 2. The first-order valence-electron chi connectivity index (χ1n) is 13.3. The molecular formula is C31H37BN2O5. The van der Waals surface area contributed by atoms with Crippen LogP contribution < -0.4 is 16.3 Å². The first-order valence-corrected chi connectivity index (χ1v) is 13.3. The number of benzene rings is 3. The van der Waals surface area contributed by atoms with Crippen molar-refractivity contribution < 1.29 is 23.7 Å². The number of carbonyl (C=O) groups is 2. The summed E-state index contributed by atoms with van der Waals surface area (Å²) in [5, 5.41) is 2.97. The molecule has 1 saturated heterocycles. The van der Waals surface area contributed by atoms with E-state index in [1.807, 2.05) is 96.1 Å². The van der Waals surface area contributed by atoms with Crippen LogP contribution in [0.25, 0.3) is 0 Å². The molecule has 0 bridgehead atoms. The minimum Gasteiger partial charge on any atom is -0.399 e. The van der Waals surface area contributed by atoms with E-state index in [-0.39, 0.29) is 30.3 Å². The highest BCUT2D eigenvalue weighted by Crippen LogP contribution is 2.36. The molecule has 0 spiro atoms. The van der Waals surface area contributed by atoms with E-state index in [2.05, 4.69) is 10.8 Å². The van der Waals surface area contributed by atoms with Crippen LogP contribution in [0.2, 0.25) is 0 Å². The van der Waals surface area contributed by atoms with Gasteiger partial charge in [-0.3, -0.25) is 14.4 Å². The minimum absolute atomic E-state index is 0.0822. The van der Waals surface area contributed by atoms with Crippen molar-refractivity contribution in [1.82, 2.24) is 5.48 Å². The molecule has 1 heterocycles. The molecule has 1 unspecified atom stereocenters. The van der Waals surface area contributed by atoms with E-state index in [1.54, 1.807) is 24.3 Å². The first-order chi connectivity index (χ1) is 18.5. The second-order valence-electron chi connectivity index (χ2n) is 11.2. The Bertz CT molecular complexity index is 1260. The Morgan fingerprint density at radius 2 is 1.44 bits per heavy atom. The summed E-state index contributed by atoms with van der Waals surface area (Å²) in [6.07, 6.45) is 0. The lowest BCUT2D eigenvalue weighted by atomic mass is 9.79. The van der Waals surface area contributed by atoms with E-state index < -0.39 is 18.3 Å². The third-order valence-corrected chi connectivity index (χ3v) is 7.43. The fourth-order valence-corrected chi connectivity index (χ4v) is 4.42. The molecule has 0 radical (unpaired) electrons. The van der Waals surface area contributed by atoms with Gasteiger partial charge in [-0.05, 0) is 74.5 Å². The highest BCUT2D eigenvalue weighted by Gasteiger charge is 2.51. The van der Waals surface area contributed by atoms with E-state index in [4.69, 9.17) is 14.1 Å². The normalized spacial score (nSPS) is 16.6. The summed E-state index contributed by atoms with van der Waals surface area (Å²) >= 11 is 0. The first kappa shape index (κ1) is 28.6. The molecule has 3 aromatic carbocycles. The summed E-state index contributed by atoms with van der Waals surface area (Å²) in [7, 11) is -0.424. The van der Waals surface area contributed by atoms with Gasteiger partial charge in [0.1, 0.15) is 0 Å². The topological polar surface area (TPSA) is 85.9 Å². The van der Waals surface area contributed by atoms with Crippen molar-refractivity contribution in [1.29, 1.82) is 0 Å². The predicted molar refractivity (Wildman–Crippen MR) is 154 cm³/mol. The van der Waals surface area contributed by atoms with Crippen LogP contribution in [-0.2, 0) is 25.5 Å². The van der Waals surface area contributed by atoms with Crippen molar-refractivity contribution in [2.45, 2.75) is 65.3 Å².